The first-order chi connectivity index (χ1) is 7.31. The molecule has 0 bridgehead atoms. The summed E-state index contributed by atoms with van der Waals surface area (Å²) in [6, 6.07) is 4.71. The molecule has 1 N–H and O–H groups in total. The summed E-state index contributed by atoms with van der Waals surface area (Å²) in [5.74, 6) is -1.68. The van der Waals surface area contributed by atoms with Crippen LogP contribution in [0.5, 0.6) is 5.75 Å². The molecule has 16 heavy (non-hydrogen) atoms. The third-order valence-electron chi connectivity index (χ3n) is 1.58. The first-order valence-electron chi connectivity index (χ1n) is 4.17. The standard InChI is InChI=1S/C10H7F2NO3/c1-10(11,12)16-8-3-6(5-13)2-7(4-8)9(14)15/h2-4H,1H3,(H,14,15). The van der Waals surface area contributed by atoms with Crippen molar-refractivity contribution in [1.29, 1.82) is 5.26 Å². The van der Waals surface area contributed by atoms with Crippen LogP contribution in [-0.2, 0) is 0 Å². The molecule has 0 atom stereocenters. The lowest BCUT2D eigenvalue weighted by molar-refractivity contribution is -0.159. The van der Waals surface area contributed by atoms with Crippen LogP contribution in [0.2, 0.25) is 0 Å². The molecule has 0 heterocycles. The molecule has 4 nitrogen and oxygen atoms in total. The Morgan fingerprint density at radius 3 is 2.56 bits per heavy atom. The van der Waals surface area contributed by atoms with Crippen LogP contribution >= 0.6 is 0 Å². The predicted octanol–water partition coefficient (Wildman–Crippen LogP) is 2.25. The van der Waals surface area contributed by atoms with Gasteiger partial charge in [0.2, 0.25) is 0 Å². The molecular formula is C10H7F2NO3. The topological polar surface area (TPSA) is 70.3 Å². The number of hydrogen-bond donors (Lipinski definition) is 1. The highest BCUT2D eigenvalue weighted by Gasteiger charge is 2.24. The van der Waals surface area contributed by atoms with Crippen LogP contribution in [0.3, 0.4) is 0 Å². The molecule has 0 unspecified atom stereocenters. The first-order valence-corrected chi connectivity index (χ1v) is 4.17. The fourth-order valence-corrected chi connectivity index (χ4v) is 1.05. The minimum atomic E-state index is -3.43. The van der Waals surface area contributed by atoms with Gasteiger partial charge in [-0.15, -0.1) is 0 Å². The van der Waals surface area contributed by atoms with E-state index < -0.39 is 12.1 Å². The van der Waals surface area contributed by atoms with Gasteiger partial charge in [0, 0.05) is 6.92 Å². The van der Waals surface area contributed by atoms with Gasteiger partial charge in [-0.25, -0.2) is 4.79 Å². The van der Waals surface area contributed by atoms with Gasteiger partial charge in [0.15, 0.2) is 0 Å². The molecule has 1 aromatic rings. The monoisotopic (exact) mass is 227 g/mol. The van der Waals surface area contributed by atoms with Crippen molar-refractivity contribution < 1.29 is 23.4 Å². The number of nitrogens with zero attached hydrogens (tertiary/aromatic N) is 1. The highest BCUT2D eigenvalue weighted by molar-refractivity contribution is 5.88. The lowest BCUT2D eigenvalue weighted by Gasteiger charge is -2.13. The number of carboxylic acids is 1. The molecule has 0 saturated carbocycles. The van der Waals surface area contributed by atoms with Gasteiger partial charge in [-0.2, -0.15) is 14.0 Å². The third-order valence-corrected chi connectivity index (χ3v) is 1.58. The van der Waals surface area contributed by atoms with Crippen LogP contribution in [0, 0.1) is 11.3 Å². The number of carbonyl (C=O) groups is 1. The lowest BCUT2D eigenvalue weighted by Crippen LogP contribution is -2.19. The molecule has 0 aliphatic rings. The average molecular weight is 227 g/mol. The van der Waals surface area contributed by atoms with Crippen LogP contribution < -0.4 is 4.74 Å². The molecule has 0 spiro atoms. The minimum Gasteiger partial charge on any atom is -0.478 e. The number of aromatic carboxylic acids is 1. The van der Waals surface area contributed by atoms with Gasteiger partial charge in [-0.1, -0.05) is 0 Å². The van der Waals surface area contributed by atoms with E-state index in [1.54, 1.807) is 6.07 Å². The number of nitriles is 1. The zero-order valence-electron chi connectivity index (χ0n) is 8.20. The van der Waals surface area contributed by atoms with Crippen molar-refractivity contribution in [2.24, 2.45) is 0 Å². The van der Waals surface area contributed by atoms with E-state index in [1.165, 1.54) is 0 Å². The summed E-state index contributed by atoms with van der Waals surface area (Å²) in [5.41, 5.74) is -0.336. The predicted molar refractivity (Wildman–Crippen MR) is 49.4 cm³/mol. The highest BCUT2D eigenvalue weighted by atomic mass is 19.3. The van der Waals surface area contributed by atoms with Crippen LogP contribution in [0.1, 0.15) is 22.8 Å². The molecule has 84 valence electrons. The molecule has 1 aromatic carbocycles. The van der Waals surface area contributed by atoms with E-state index in [0.29, 0.717) is 6.92 Å². The summed E-state index contributed by atoms with van der Waals surface area (Å²) < 4.78 is 29.2. The molecule has 0 fully saturated rings. The van der Waals surface area contributed by atoms with Gasteiger partial charge < -0.3 is 9.84 Å². The summed E-state index contributed by atoms with van der Waals surface area (Å²) in [4.78, 5) is 10.6. The number of halogens is 2. The number of benzene rings is 1. The molecular weight excluding hydrogens is 220 g/mol. The van der Waals surface area contributed by atoms with Crippen LogP contribution in [0.4, 0.5) is 8.78 Å². The average Bonchev–Trinajstić information content (AvgIpc) is 2.14. The minimum absolute atomic E-state index is 0.0563. The second-order valence-electron chi connectivity index (χ2n) is 3.07. The zero-order valence-corrected chi connectivity index (χ0v) is 8.20. The number of ether oxygens (including phenoxy) is 1. The van der Waals surface area contributed by atoms with E-state index in [9.17, 15) is 13.6 Å². The summed E-state index contributed by atoms with van der Waals surface area (Å²) in [5, 5.41) is 17.3. The number of rotatable bonds is 3. The second-order valence-corrected chi connectivity index (χ2v) is 3.07. The van der Waals surface area contributed by atoms with Gasteiger partial charge in [-0.3, -0.25) is 0 Å². The van der Waals surface area contributed by atoms with Gasteiger partial charge in [0.25, 0.3) is 0 Å². The van der Waals surface area contributed by atoms with Gasteiger partial charge >= 0.3 is 12.1 Å². The Kier molecular flexibility index (Phi) is 3.09. The molecule has 0 amide bonds. The fourth-order valence-electron chi connectivity index (χ4n) is 1.05. The maximum Gasteiger partial charge on any atom is 0.394 e. The Morgan fingerprint density at radius 2 is 2.12 bits per heavy atom. The van der Waals surface area contributed by atoms with Crippen molar-refractivity contribution in [2.45, 2.75) is 13.0 Å². The molecule has 0 aromatic heterocycles. The van der Waals surface area contributed by atoms with Gasteiger partial charge in [-0.05, 0) is 18.2 Å². The van der Waals surface area contributed by atoms with E-state index >= 15 is 0 Å². The second kappa shape index (κ2) is 4.14. The SMILES string of the molecule is CC(F)(F)Oc1cc(C#N)cc(C(=O)O)c1. The number of hydrogen-bond acceptors (Lipinski definition) is 3. The van der Waals surface area contributed by atoms with Crippen molar-refractivity contribution in [1.82, 2.24) is 0 Å². The number of carboxylic acid groups (broad SMARTS) is 1. The summed E-state index contributed by atoms with van der Waals surface area (Å²) in [6.07, 6.45) is -3.43. The maximum absolute atomic E-state index is 12.5. The molecule has 0 aliphatic carbocycles. The Balaban J connectivity index is 3.16. The van der Waals surface area contributed by atoms with Crippen molar-refractivity contribution in [2.75, 3.05) is 0 Å². The smallest absolute Gasteiger partial charge is 0.394 e. The van der Waals surface area contributed by atoms with Crippen LogP contribution in [-0.4, -0.2) is 17.2 Å². The highest BCUT2D eigenvalue weighted by Crippen LogP contribution is 2.23. The zero-order chi connectivity index (χ0) is 12.3. The molecule has 0 radical (unpaired) electrons. The molecule has 0 saturated heterocycles. The van der Waals surface area contributed by atoms with E-state index in [-0.39, 0.29) is 16.9 Å². The fraction of sp³-hybridized carbons (Fsp3) is 0.200. The van der Waals surface area contributed by atoms with Crippen molar-refractivity contribution in [3.05, 3.63) is 29.3 Å². The molecule has 1 rings (SSSR count). The lowest BCUT2D eigenvalue weighted by atomic mass is 10.1. The van der Waals surface area contributed by atoms with Gasteiger partial charge in [0.05, 0.1) is 17.2 Å². The van der Waals surface area contributed by atoms with E-state index in [0.717, 1.165) is 18.2 Å². The normalized spacial score (nSPS) is 10.6. The molecule has 0 aliphatic heterocycles. The third kappa shape index (κ3) is 3.20. The summed E-state index contributed by atoms with van der Waals surface area (Å²) in [6.45, 7) is 0.520. The number of alkyl halides is 2. The Hall–Kier alpha value is -2.16. The van der Waals surface area contributed by atoms with Crippen molar-refractivity contribution in [3.63, 3.8) is 0 Å². The van der Waals surface area contributed by atoms with Gasteiger partial charge in [0.1, 0.15) is 5.75 Å². The first kappa shape index (κ1) is 11.9. The Morgan fingerprint density at radius 1 is 1.50 bits per heavy atom. The van der Waals surface area contributed by atoms with E-state index in [2.05, 4.69) is 4.74 Å². The van der Waals surface area contributed by atoms with E-state index in [1.807, 2.05) is 0 Å². The van der Waals surface area contributed by atoms with Crippen molar-refractivity contribution in [3.8, 4) is 11.8 Å². The van der Waals surface area contributed by atoms with E-state index in [4.69, 9.17) is 10.4 Å². The van der Waals surface area contributed by atoms with Crippen LogP contribution in [0.15, 0.2) is 18.2 Å². The quantitative estimate of drug-likeness (QED) is 0.859. The van der Waals surface area contributed by atoms with Crippen molar-refractivity contribution >= 4 is 5.97 Å². The Bertz CT molecular complexity index is 460. The molecule has 6 heteroatoms. The van der Waals surface area contributed by atoms with Crippen LogP contribution in [0.25, 0.3) is 0 Å². The largest absolute Gasteiger partial charge is 0.478 e. The Labute approximate surface area is 89.7 Å². The summed E-state index contributed by atoms with van der Waals surface area (Å²) in [7, 11) is 0. The maximum atomic E-state index is 12.5. The summed E-state index contributed by atoms with van der Waals surface area (Å²) >= 11 is 0.